The van der Waals surface area contributed by atoms with Crippen LogP contribution in [0.25, 0.3) is 17.0 Å². The van der Waals surface area contributed by atoms with Crippen molar-refractivity contribution in [2.45, 2.75) is 13.8 Å². The lowest BCUT2D eigenvalue weighted by Crippen LogP contribution is -1.98. The van der Waals surface area contributed by atoms with E-state index in [-0.39, 0.29) is 5.97 Å². The van der Waals surface area contributed by atoms with Crippen molar-refractivity contribution < 1.29 is 14.3 Å². The van der Waals surface area contributed by atoms with Crippen LogP contribution in [0, 0.1) is 6.92 Å². The molecule has 20 heavy (non-hydrogen) atoms. The smallest absolute Gasteiger partial charge is 0.330 e. The van der Waals surface area contributed by atoms with Gasteiger partial charge in [0.15, 0.2) is 0 Å². The molecule has 0 aliphatic heterocycles. The number of benzene rings is 1. The van der Waals surface area contributed by atoms with Crippen LogP contribution < -0.4 is 4.74 Å². The molecule has 4 nitrogen and oxygen atoms in total. The number of fused-ring (bicyclic) bond motifs is 1. The fraction of sp³-hybridized carbons (Fsp3) is 0.312. The molecule has 0 N–H and O–H groups in total. The Bertz CT molecular complexity index is 668. The number of hydrogen-bond acceptors (Lipinski definition) is 3. The number of aryl methyl sites for hydroxylation is 2. The molecule has 0 amide bonds. The molecule has 106 valence electrons. The van der Waals surface area contributed by atoms with Crippen LogP contribution in [0.2, 0.25) is 0 Å². The average Bonchev–Trinajstić information content (AvgIpc) is 2.73. The summed E-state index contributed by atoms with van der Waals surface area (Å²) in [5, 5.41) is 1.06. The number of nitrogens with zero attached hydrogens (tertiary/aromatic N) is 1. The maximum atomic E-state index is 11.4. The Hall–Kier alpha value is -2.23. The second kappa shape index (κ2) is 5.82. The zero-order valence-corrected chi connectivity index (χ0v) is 12.3. The molecule has 0 aliphatic carbocycles. The van der Waals surface area contributed by atoms with Gasteiger partial charge in [-0.15, -0.1) is 0 Å². The van der Waals surface area contributed by atoms with Gasteiger partial charge >= 0.3 is 5.97 Å². The molecule has 1 aromatic heterocycles. The highest BCUT2D eigenvalue weighted by atomic mass is 16.5. The second-order valence-corrected chi connectivity index (χ2v) is 4.62. The minimum absolute atomic E-state index is 0.330. The summed E-state index contributed by atoms with van der Waals surface area (Å²) in [7, 11) is 3.64. The SMILES string of the molecule is CCOC(=O)/C=C/c1cn(C)c2c(C)cc(OC)cc12. The minimum Gasteiger partial charge on any atom is -0.497 e. The van der Waals surface area contributed by atoms with Crippen molar-refractivity contribution in [3.63, 3.8) is 0 Å². The van der Waals surface area contributed by atoms with E-state index < -0.39 is 0 Å². The first-order valence-corrected chi connectivity index (χ1v) is 6.55. The van der Waals surface area contributed by atoms with Crippen molar-refractivity contribution in [3.8, 4) is 5.75 Å². The Morgan fingerprint density at radius 2 is 2.15 bits per heavy atom. The van der Waals surface area contributed by atoms with E-state index in [9.17, 15) is 4.79 Å². The van der Waals surface area contributed by atoms with E-state index in [0.717, 1.165) is 27.8 Å². The number of carbonyl (C=O) groups is 1. The molecule has 0 bridgehead atoms. The summed E-state index contributed by atoms with van der Waals surface area (Å²) in [6.07, 6.45) is 5.22. The number of ether oxygens (including phenoxy) is 2. The predicted octanol–water partition coefficient (Wildman–Crippen LogP) is 3.07. The van der Waals surface area contributed by atoms with Crippen molar-refractivity contribution in [2.75, 3.05) is 13.7 Å². The second-order valence-electron chi connectivity index (χ2n) is 4.62. The number of rotatable bonds is 4. The van der Waals surface area contributed by atoms with Crippen molar-refractivity contribution in [1.29, 1.82) is 0 Å². The molecular formula is C16H19NO3. The third kappa shape index (κ3) is 2.69. The third-order valence-corrected chi connectivity index (χ3v) is 3.19. The standard InChI is InChI=1S/C16H19NO3/c1-5-20-15(18)7-6-12-10-17(3)16-11(2)8-13(19-4)9-14(12)16/h6-10H,5H2,1-4H3/b7-6+. The molecule has 1 heterocycles. The number of carbonyl (C=O) groups excluding carboxylic acids is 1. The minimum atomic E-state index is -0.330. The fourth-order valence-corrected chi connectivity index (χ4v) is 2.38. The van der Waals surface area contributed by atoms with E-state index in [2.05, 4.69) is 4.57 Å². The first-order chi connectivity index (χ1) is 9.56. The number of hydrogen-bond donors (Lipinski definition) is 0. The van der Waals surface area contributed by atoms with Gasteiger partial charge in [-0.3, -0.25) is 0 Å². The van der Waals surface area contributed by atoms with Gasteiger partial charge in [0, 0.05) is 30.3 Å². The molecule has 4 heteroatoms. The van der Waals surface area contributed by atoms with Crippen molar-refractivity contribution in [3.05, 3.63) is 35.5 Å². The van der Waals surface area contributed by atoms with Gasteiger partial charge in [-0.1, -0.05) is 0 Å². The molecule has 0 aliphatic rings. The van der Waals surface area contributed by atoms with E-state index >= 15 is 0 Å². The van der Waals surface area contributed by atoms with Gasteiger partial charge in [0.2, 0.25) is 0 Å². The largest absolute Gasteiger partial charge is 0.497 e. The zero-order valence-electron chi connectivity index (χ0n) is 12.3. The lowest BCUT2D eigenvalue weighted by atomic mass is 10.1. The molecule has 2 aromatic rings. The molecule has 0 saturated heterocycles. The van der Waals surface area contributed by atoms with Gasteiger partial charge in [0.25, 0.3) is 0 Å². The molecule has 0 atom stereocenters. The summed E-state index contributed by atoms with van der Waals surface area (Å²) in [6, 6.07) is 3.98. The molecule has 1 aromatic carbocycles. The molecular weight excluding hydrogens is 254 g/mol. The molecule has 0 radical (unpaired) electrons. The molecule has 0 fully saturated rings. The third-order valence-electron chi connectivity index (χ3n) is 3.19. The maximum absolute atomic E-state index is 11.4. The lowest BCUT2D eigenvalue weighted by molar-refractivity contribution is -0.137. The van der Waals surface area contributed by atoms with Gasteiger partial charge in [-0.25, -0.2) is 4.79 Å². The molecule has 2 rings (SSSR count). The summed E-state index contributed by atoms with van der Waals surface area (Å²) >= 11 is 0. The highest BCUT2D eigenvalue weighted by Gasteiger charge is 2.09. The summed E-state index contributed by atoms with van der Waals surface area (Å²) in [6.45, 7) is 4.22. The van der Waals surface area contributed by atoms with Gasteiger partial charge < -0.3 is 14.0 Å². The fourth-order valence-electron chi connectivity index (χ4n) is 2.38. The van der Waals surface area contributed by atoms with Gasteiger partial charge in [0.1, 0.15) is 5.75 Å². The van der Waals surface area contributed by atoms with Crippen molar-refractivity contribution in [1.82, 2.24) is 4.57 Å². The van der Waals surface area contributed by atoms with Crippen LogP contribution in [-0.4, -0.2) is 24.3 Å². The van der Waals surface area contributed by atoms with E-state index in [1.54, 1.807) is 20.1 Å². The van der Waals surface area contributed by atoms with E-state index in [1.807, 2.05) is 32.3 Å². The lowest BCUT2D eigenvalue weighted by Gasteiger charge is -2.05. The van der Waals surface area contributed by atoms with Crippen LogP contribution >= 0.6 is 0 Å². The van der Waals surface area contributed by atoms with Gasteiger partial charge in [0.05, 0.1) is 19.2 Å². The van der Waals surface area contributed by atoms with E-state index in [1.165, 1.54) is 6.08 Å². The summed E-state index contributed by atoms with van der Waals surface area (Å²) < 4.78 is 12.3. The van der Waals surface area contributed by atoms with Crippen LogP contribution in [0.5, 0.6) is 5.75 Å². The summed E-state index contributed by atoms with van der Waals surface area (Å²) in [5.41, 5.74) is 3.24. The predicted molar refractivity (Wildman–Crippen MR) is 79.9 cm³/mol. The normalized spacial score (nSPS) is 11.2. The topological polar surface area (TPSA) is 40.5 Å². The zero-order chi connectivity index (χ0) is 14.7. The number of aromatic nitrogens is 1. The number of esters is 1. The first-order valence-electron chi connectivity index (χ1n) is 6.55. The summed E-state index contributed by atoms with van der Waals surface area (Å²) in [4.78, 5) is 11.4. The van der Waals surface area contributed by atoms with Gasteiger partial charge in [-0.2, -0.15) is 0 Å². The van der Waals surface area contributed by atoms with Crippen LogP contribution in [0.3, 0.4) is 0 Å². The van der Waals surface area contributed by atoms with E-state index in [0.29, 0.717) is 6.61 Å². The van der Waals surface area contributed by atoms with E-state index in [4.69, 9.17) is 9.47 Å². The highest BCUT2D eigenvalue weighted by molar-refractivity contribution is 5.96. The summed E-state index contributed by atoms with van der Waals surface area (Å²) in [5.74, 6) is 0.483. The molecule has 0 unspecified atom stereocenters. The van der Waals surface area contributed by atoms with Gasteiger partial charge in [-0.05, 0) is 37.6 Å². The monoisotopic (exact) mass is 273 g/mol. The Morgan fingerprint density at radius 3 is 2.80 bits per heavy atom. The van der Waals surface area contributed by atoms with Crippen LogP contribution in [0.15, 0.2) is 24.4 Å². The van der Waals surface area contributed by atoms with Crippen LogP contribution in [0.1, 0.15) is 18.1 Å². The Kier molecular flexibility index (Phi) is 4.13. The Balaban J connectivity index is 2.49. The number of methoxy groups -OCH3 is 1. The highest BCUT2D eigenvalue weighted by Crippen LogP contribution is 2.29. The molecule has 0 spiro atoms. The molecule has 0 saturated carbocycles. The Morgan fingerprint density at radius 1 is 1.40 bits per heavy atom. The first kappa shape index (κ1) is 14.2. The quantitative estimate of drug-likeness (QED) is 0.635. The van der Waals surface area contributed by atoms with Crippen molar-refractivity contribution >= 4 is 22.9 Å². The maximum Gasteiger partial charge on any atom is 0.330 e. The average molecular weight is 273 g/mol. The van der Waals surface area contributed by atoms with Crippen LogP contribution in [0.4, 0.5) is 0 Å². The van der Waals surface area contributed by atoms with Crippen molar-refractivity contribution in [2.24, 2.45) is 7.05 Å². The Labute approximate surface area is 118 Å². The van der Waals surface area contributed by atoms with Crippen LogP contribution in [-0.2, 0) is 16.6 Å².